The predicted octanol–water partition coefficient (Wildman–Crippen LogP) is 2.04. The van der Waals surface area contributed by atoms with E-state index in [0.717, 1.165) is 11.5 Å². The topological polar surface area (TPSA) is 79.0 Å². The lowest BCUT2D eigenvalue weighted by Gasteiger charge is -2.24. The van der Waals surface area contributed by atoms with E-state index in [2.05, 4.69) is 17.5 Å². The Morgan fingerprint density at radius 2 is 2.14 bits per heavy atom. The molecular formula is C16H16F3N3O4S2. The highest BCUT2D eigenvalue weighted by Crippen LogP contribution is 2.29. The number of sulfone groups is 1. The monoisotopic (exact) mass is 435 g/mol. The van der Waals surface area contributed by atoms with E-state index in [1.807, 2.05) is 0 Å². The van der Waals surface area contributed by atoms with Gasteiger partial charge in [0.1, 0.15) is 16.9 Å². The van der Waals surface area contributed by atoms with Gasteiger partial charge in [-0.2, -0.15) is 0 Å². The molecule has 7 nitrogen and oxygen atoms in total. The van der Waals surface area contributed by atoms with Crippen molar-refractivity contribution in [2.75, 3.05) is 35.2 Å². The van der Waals surface area contributed by atoms with Crippen LogP contribution >= 0.6 is 12.2 Å². The van der Waals surface area contributed by atoms with Gasteiger partial charge in [-0.1, -0.05) is 12.2 Å². The van der Waals surface area contributed by atoms with E-state index in [1.54, 1.807) is 0 Å². The Hall–Kier alpha value is -2.34. The van der Waals surface area contributed by atoms with Gasteiger partial charge in [-0.05, 0) is 18.2 Å². The second-order valence-corrected chi connectivity index (χ2v) is 8.59. The van der Waals surface area contributed by atoms with E-state index in [1.165, 1.54) is 28.1 Å². The Balaban J connectivity index is 1.68. The maximum Gasteiger partial charge on any atom is 0.414 e. The van der Waals surface area contributed by atoms with E-state index in [-0.39, 0.29) is 36.8 Å². The standard InChI is InChI=1S/C16H16F3N3O4S2/c17-12-7-10(1-2-13(12)21-3-5-28(24,25)6-4-21)22-9-11(26-16(22)23)8-20-15(27)14(18)19/h1-3,5,7,11,14H,4,6,8-9H2,(H,20,27). The van der Waals surface area contributed by atoms with Crippen molar-refractivity contribution in [3.05, 3.63) is 35.6 Å². The smallest absolute Gasteiger partial charge is 0.414 e. The van der Waals surface area contributed by atoms with Crippen molar-refractivity contribution >= 4 is 44.5 Å². The molecule has 28 heavy (non-hydrogen) atoms. The van der Waals surface area contributed by atoms with Crippen LogP contribution in [0.5, 0.6) is 0 Å². The third-order valence-corrected chi connectivity index (χ3v) is 5.80. The number of halogens is 3. The Kier molecular flexibility index (Phi) is 5.79. The lowest BCUT2D eigenvalue weighted by atomic mass is 10.2. The Morgan fingerprint density at radius 3 is 2.75 bits per heavy atom. The van der Waals surface area contributed by atoms with Gasteiger partial charge in [-0.3, -0.25) is 4.90 Å². The summed E-state index contributed by atoms with van der Waals surface area (Å²) in [5.74, 6) is -0.770. The molecule has 3 rings (SSSR count). The van der Waals surface area contributed by atoms with Gasteiger partial charge in [0.25, 0.3) is 6.43 Å². The minimum atomic E-state index is -3.26. The summed E-state index contributed by atoms with van der Waals surface area (Å²) in [6.45, 7) is 0.0655. The summed E-state index contributed by atoms with van der Waals surface area (Å²) in [6, 6.07) is 4.06. The first kappa shape index (κ1) is 20.4. The molecule has 1 fully saturated rings. The van der Waals surface area contributed by atoms with Crippen LogP contribution in [0.25, 0.3) is 0 Å². The molecule has 1 unspecified atom stereocenters. The minimum Gasteiger partial charge on any atom is -0.442 e. The van der Waals surface area contributed by atoms with Crippen LogP contribution in [-0.4, -0.2) is 57.4 Å². The average molecular weight is 435 g/mol. The van der Waals surface area contributed by atoms with Crippen molar-refractivity contribution in [3.63, 3.8) is 0 Å². The van der Waals surface area contributed by atoms with E-state index in [4.69, 9.17) is 4.74 Å². The van der Waals surface area contributed by atoms with Crippen molar-refractivity contribution in [2.45, 2.75) is 12.5 Å². The first-order chi connectivity index (χ1) is 13.2. The quantitative estimate of drug-likeness (QED) is 0.709. The highest BCUT2D eigenvalue weighted by atomic mass is 32.2. The number of cyclic esters (lactones) is 1. The van der Waals surface area contributed by atoms with Gasteiger partial charge in [-0.15, -0.1) is 0 Å². The zero-order chi connectivity index (χ0) is 20.5. The number of nitrogens with one attached hydrogen (secondary N) is 1. The average Bonchev–Trinajstić information content (AvgIpc) is 3.00. The van der Waals surface area contributed by atoms with Gasteiger partial charge in [0.15, 0.2) is 9.84 Å². The van der Waals surface area contributed by atoms with Crippen LogP contribution < -0.4 is 15.1 Å². The number of thiocarbonyl (C=S) groups is 1. The number of nitrogens with zero attached hydrogens (tertiary/aromatic N) is 2. The SMILES string of the molecule is O=C1OC(CNC(=S)C(F)F)CN1c1ccc(N2C=CS(=O)(=O)CC2)c(F)c1. The first-order valence-electron chi connectivity index (χ1n) is 8.17. The summed E-state index contributed by atoms with van der Waals surface area (Å²) in [6.07, 6.45) is -2.97. The molecule has 1 aromatic rings. The molecule has 2 heterocycles. The van der Waals surface area contributed by atoms with E-state index < -0.39 is 39.3 Å². The van der Waals surface area contributed by atoms with Crippen LogP contribution in [0.3, 0.4) is 0 Å². The van der Waals surface area contributed by atoms with E-state index in [9.17, 15) is 26.4 Å². The molecule has 0 radical (unpaired) electrons. The maximum absolute atomic E-state index is 14.5. The number of ether oxygens (including phenoxy) is 1. The molecule has 2 aliphatic heterocycles. The molecule has 0 aliphatic carbocycles. The fraction of sp³-hybridized carbons (Fsp3) is 0.375. The number of carbonyl (C=O) groups excluding carboxylic acids is 1. The van der Waals surface area contributed by atoms with Crippen molar-refractivity contribution in [2.24, 2.45) is 0 Å². The molecule has 2 aliphatic rings. The highest BCUT2D eigenvalue weighted by molar-refractivity contribution is 7.94. The predicted molar refractivity (Wildman–Crippen MR) is 101 cm³/mol. The molecule has 1 saturated heterocycles. The second kappa shape index (κ2) is 7.95. The summed E-state index contributed by atoms with van der Waals surface area (Å²) in [5.41, 5.74) is 0.404. The van der Waals surface area contributed by atoms with Gasteiger partial charge < -0.3 is 15.0 Å². The number of carbonyl (C=O) groups is 1. The van der Waals surface area contributed by atoms with Crippen LogP contribution in [-0.2, 0) is 14.6 Å². The maximum atomic E-state index is 14.5. The summed E-state index contributed by atoms with van der Waals surface area (Å²) in [5, 5.41) is 3.34. The number of rotatable bonds is 5. The lowest BCUT2D eigenvalue weighted by molar-refractivity contribution is 0.142. The molecule has 1 aromatic carbocycles. The summed E-state index contributed by atoms with van der Waals surface area (Å²) in [4.78, 5) is 14.0. The number of hydrogen-bond donors (Lipinski definition) is 1. The van der Waals surface area contributed by atoms with Crippen molar-refractivity contribution in [1.29, 1.82) is 0 Å². The number of benzene rings is 1. The van der Waals surface area contributed by atoms with Crippen LogP contribution in [0.2, 0.25) is 0 Å². The summed E-state index contributed by atoms with van der Waals surface area (Å²) >= 11 is 4.46. The van der Waals surface area contributed by atoms with Gasteiger partial charge in [0.05, 0.1) is 30.2 Å². The van der Waals surface area contributed by atoms with E-state index >= 15 is 0 Å². The molecule has 1 amide bonds. The fourth-order valence-corrected chi connectivity index (χ4v) is 3.76. The molecule has 0 bridgehead atoms. The van der Waals surface area contributed by atoms with Gasteiger partial charge in [-0.25, -0.2) is 26.4 Å². The molecule has 0 spiro atoms. The zero-order valence-electron chi connectivity index (χ0n) is 14.3. The Labute approximate surface area is 164 Å². The molecule has 1 N–H and O–H groups in total. The molecule has 0 aromatic heterocycles. The number of amides is 1. The van der Waals surface area contributed by atoms with Crippen LogP contribution in [0.15, 0.2) is 29.8 Å². The Bertz CT molecular complexity index is 924. The number of anilines is 2. The van der Waals surface area contributed by atoms with E-state index in [0.29, 0.717) is 0 Å². The molecule has 12 heteroatoms. The van der Waals surface area contributed by atoms with Crippen LogP contribution in [0.1, 0.15) is 0 Å². The molecule has 0 saturated carbocycles. The zero-order valence-corrected chi connectivity index (χ0v) is 16.0. The third kappa shape index (κ3) is 4.55. The third-order valence-electron chi connectivity index (χ3n) is 4.19. The molecule has 152 valence electrons. The van der Waals surface area contributed by atoms with Gasteiger partial charge in [0.2, 0.25) is 0 Å². The summed E-state index contributed by atoms with van der Waals surface area (Å²) < 4.78 is 67.2. The molecular weight excluding hydrogens is 419 g/mol. The van der Waals surface area contributed by atoms with Crippen LogP contribution in [0, 0.1) is 5.82 Å². The largest absolute Gasteiger partial charge is 0.442 e. The highest BCUT2D eigenvalue weighted by Gasteiger charge is 2.33. The Morgan fingerprint density at radius 1 is 1.39 bits per heavy atom. The second-order valence-electron chi connectivity index (χ2n) is 6.14. The van der Waals surface area contributed by atoms with Crippen molar-refractivity contribution < 1.29 is 31.1 Å². The normalized spacial score (nSPS) is 21.1. The van der Waals surface area contributed by atoms with Crippen molar-refractivity contribution in [1.82, 2.24) is 5.32 Å². The fourth-order valence-electron chi connectivity index (χ4n) is 2.76. The summed E-state index contributed by atoms with van der Waals surface area (Å²) in [7, 11) is -3.26. The number of hydrogen-bond acceptors (Lipinski definition) is 6. The number of alkyl halides is 2. The molecule has 1 atom stereocenters. The minimum absolute atomic E-state index is 0.0400. The van der Waals surface area contributed by atoms with Gasteiger partial charge in [0, 0.05) is 18.2 Å². The first-order valence-corrected chi connectivity index (χ1v) is 10.3. The van der Waals surface area contributed by atoms with Crippen molar-refractivity contribution in [3.8, 4) is 0 Å². The lowest BCUT2D eigenvalue weighted by Crippen LogP contribution is -2.36. The van der Waals surface area contributed by atoms with Crippen LogP contribution in [0.4, 0.5) is 29.3 Å². The van der Waals surface area contributed by atoms with Gasteiger partial charge >= 0.3 is 6.09 Å².